The van der Waals surface area contributed by atoms with Crippen LogP contribution in [0.5, 0.6) is 0 Å². The molecule has 2 aromatic rings. The van der Waals surface area contributed by atoms with Gasteiger partial charge in [0, 0.05) is 16.3 Å². The molecule has 0 amide bonds. The Balaban J connectivity index is 2.59. The van der Waals surface area contributed by atoms with Gasteiger partial charge in [0.25, 0.3) is 0 Å². The molecule has 0 aliphatic heterocycles. The van der Waals surface area contributed by atoms with Crippen molar-refractivity contribution in [2.45, 2.75) is 0 Å². The van der Waals surface area contributed by atoms with Crippen molar-refractivity contribution in [2.75, 3.05) is 5.73 Å². The van der Waals surface area contributed by atoms with Gasteiger partial charge in [-0.1, -0.05) is 34.8 Å². The molecule has 2 N–H and O–H groups in total. The number of rotatable bonds is 2. The quantitative estimate of drug-likeness (QED) is 0.649. The highest BCUT2D eigenvalue weighted by atomic mass is 35.5. The van der Waals surface area contributed by atoms with Gasteiger partial charge in [0.2, 0.25) is 0 Å². The lowest BCUT2D eigenvalue weighted by atomic mass is 10.0. The summed E-state index contributed by atoms with van der Waals surface area (Å²) in [6.07, 6.45) is 0. The van der Waals surface area contributed by atoms with Crippen LogP contribution in [0.1, 0.15) is 15.9 Å². The fraction of sp³-hybridized carbons (Fsp3) is 0. The summed E-state index contributed by atoms with van der Waals surface area (Å²) < 4.78 is 13.2. The monoisotopic (exact) mass is 317 g/mol. The zero-order chi connectivity index (χ0) is 14.2. The highest BCUT2D eigenvalue weighted by Gasteiger charge is 2.20. The largest absolute Gasteiger partial charge is 0.398 e. The van der Waals surface area contributed by atoms with Gasteiger partial charge in [-0.2, -0.15) is 0 Å². The number of hydrogen-bond donors (Lipinski definition) is 1. The molecule has 0 unspecified atom stereocenters. The van der Waals surface area contributed by atoms with Crippen LogP contribution in [0.15, 0.2) is 30.3 Å². The maximum absolute atomic E-state index is 13.2. The Hall–Kier alpha value is -1.29. The summed E-state index contributed by atoms with van der Waals surface area (Å²) in [4.78, 5) is 12.3. The molecule has 2 nitrogen and oxygen atoms in total. The Kier molecular flexibility index (Phi) is 3.99. The molecular formula is C13H7Cl3FNO. The zero-order valence-corrected chi connectivity index (χ0v) is 11.7. The topological polar surface area (TPSA) is 43.1 Å². The van der Waals surface area contributed by atoms with E-state index in [1.165, 1.54) is 18.2 Å². The molecule has 2 rings (SSSR count). The Morgan fingerprint density at radius 3 is 2.21 bits per heavy atom. The third kappa shape index (κ3) is 2.84. The first-order valence-corrected chi connectivity index (χ1v) is 6.28. The van der Waals surface area contributed by atoms with Crippen molar-refractivity contribution in [3.63, 3.8) is 0 Å². The maximum Gasteiger partial charge on any atom is 0.198 e. The van der Waals surface area contributed by atoms with E-state index < -0.39 is 11.6 Å². The minimum absolute atomic E-state index is 0.00567. The lowest BCUT2D eigenvalue weighted by Crippen LogP contribution is -2.07. The van der Waals surface area contributed by atoms with Crippen LogP contribution in [0.25, 0.3) is 0 Å². The number of carbonyl (C=O) groups excluding carboxylic acids is 1. The molecule has 0 aromatic heterocycles. The molecule has 0 aliphatic carbocycles. The summed E-state index contributed by atoms with van der Waals surface area (Å²) in [5.41, 5.74) is 5.86. The second-order valence-electron chi connectivity index (χ2n) is 3.81. The van der Waals surface area contributed by atoms with E-state index in [1.54, 1.807) is 0 Å². The van der Waals surface area contributed by atoms with Gasteiger partial charge < -0.3 is 5.73 Å². The van der Waals surface area contributed by atoms with E-state index in [9.17, 15) is 9.18 Å². The van der Waals surface area contributed by atoms with Crippen LogP contribution in [-0.2, 0) is 0 Å². The number of anilines is 1. The van der Waals surface area contributed by atoms with Crippen LogP contribution in [0.4, 0.5) is 10.1 Å². The fourth-order valence-corrected chi connectivity index (χ4v) is 2.61. The molecule has 0 spiro atoms. The first-order chi connectivity index (χ1) is 8.90. The van der Waals surface area contributed by atoms with Crippen LogP contribution in [0.2, 0.25) is 15.1 Å². The van der Waals surface area contributed by atoms with Crippen LogP contribution < -0.4 is 5.73 Å². The smallest absolute Gasteiger partial charge is 0.198 e. The fourth-order valence-electron chi connectivity index (χ4n) is 1.62. The predicted molar refractivity (Wildman–Crippen MR) is 75.7 cm³/mol. The normalized spacial score (nSPS) is 10.5. The molecule has 0 saturated carbocycles. The van der Waals surface area contributed by atoms with Gasteiger partial charge in [-0.3, -0.25) is 4.79 Å². The molecule has 0 heterocycles. The lowest BCUT2D eigenvalue weighted by molar-refractivity contribution is 0.103. The summed E-state index contributed by atoms with van der Waals surface area (Å²) in [6, 6.07) is 6.28. The number of halogens is 4. The van der Waals surface area contributed by atoms with E-state index >= 15 is 0 Å². The first-order valence-electron chi connectivity index (χ1n) is 5.14. The Morgan fingerprint density at radius 2 is 1.63 bits per heavy atom. The van der Waals surface area contributed by atoms with Gasteiger partial charge >= 0.3 is 0 Å². The van der Waals surface area contributed by atoms with Gasteiger partial charge in [-0.05, 0) is 30.3 Å². The standard InChI is InChI=1S/C13H7Cl3FNO/c14-6-3-9(15)12(10(16)4-6)13(19)8-5-7(17)1-2-11(8)18/h1-5H,18H2. The Morgan fingerprint density at radius 1 is 1.05 bits per heavy atom. The van der Waals surface area contributed by atoms with E-state index in [2.05, 4.69) is 0 Å². The summed E-state index contributed by atoms with van der Waals surface area (Å²) in [6.45, 7) is 0. The number of nitrogens with two attached hydrogens (primary N) is 1. The molecule has 0 saturated heterocycles. The lowest BCUT2D eigenvalue weighted by Gasteiger charge is -2.09. The Labute approximate surface area is 123 Å². The second-order valence-corrected chi connectivity index (χ2v) is 5.06. The molecule has 0 atom stereocenters. The Bertz CT molecular complexity index is 650. The van der Waals surface area contributed by atoms with E-state index in [-0.39, 0.29) is 26.9 Å². The van der Waals surface area contributed by atoms with E-state index in [0.717, 1.165) is 12.1 Å². The number of nitrogen functional groups attached to an aromatic ring is 1. The summed E-state index contributed by atoms with van der Waals surface area (Å²) in [7, 11) is 0. The van der Waals surface area contributed by atoms with Crippen LogP contribution in [-0.4, -0.2) is 5.78 Å². The number of ketones is 1. The van der Waals surface area contributed by atoms with E-state index in [4.69, 9.17) is 40.5 Å². The highest BCUT2D eigenvalue weighted by molar-refractivity contribution is 6.43. The third-order valence-corrected chi connectivity index (χ3v) is 3.31. The van der Waals surface area contributed by atoms with Gasteiger partial charge in [-0.25, -0.2) is 4.39 Å². The third-order valence-electron chi connectivity index (χ3n) is 2.49. The number of benzene rings is 2. The van der Waals surface area contributed by atoms with Crippen molar-refractivity contribution in [1.29, 1.82) is 0 Å². The number of carbonyl (C=O) groups is 1. The summed E-state index contributed by atoms with van der Waals surface area (Å²) in [5, 5.41) is 0.482. The minimum atomic E-state index is -0.571. The van der Waals surface area contributed by atoms with Crippen molar-refractivity contribution in [3.05, 3.63) is 62.3 Å². The van der Waals surface area contributed by atoms with Crippen molar-refractivity contribution in [1.82, 2.24) is 0 Å². The van der Waals surface area contributed by atoms with Crippen molar-refractivity contribution in [2.24, 2.45) is 0 Å². The van der Waals surface area contributed by atoms with Crippen molar-refractivity contribution in [3.8, 4) is 0 Å². The average Bonchev–Trinajstić information content (AvgIpc) is 2.30. The van der Waals surface area contributed by atoms with Crippen LogP contribution in [0.3, 0.4) is 0 Å². The molecule has 2 aromatic carbocycles. The highest BCUT2D eigenvalue weighted by Crippen LogP contribution is 2.32. The summed E-state index contributed by atoms with van der Waals surface area (Å²) >= 11 is 17.7. The van der Waals surface area contributed by atoms with Crippen molar-refractivity contribution < 1.29 is 9.18 Å². The van der Waals surface area contributed by atoms with Gasteiger partial charge in [0.05, 0.1) is 15.6 Å². The maximum atomic E-state index is 13.2. The second kappa shape index (κ2) is 5.37. The van der Waals surface area contributed by atoms with E-state index in [0.29, 0.717) is 5.02 Å². The SMILES string of the molecule is Nc1ccc(F)cc1C(=O)c1c(Cl)cc(Cl)cc1Cl. The minimum Gasteiger partial charge on any atom is -0.398 e. The van der Waals surface area contributed by atoms with Crippen LogP contribution in [0, 0.1) is 5.82 Å². The zero-order valence-electron chi connectivity index (χ0n) is 9.38. The molecular weight excluding hydrogens is 312 g/mol. The molecule has 0 fully saturated rings. The van der Waals surface area contributed by atoms with Crippen molar-refractivity contribution >= 4 is 46.3 Å². The molecule has 6 heteroatoms. The first kappa shape index (κ1) is 14.1. The molecule has 0 aliphatic rings. The van der Waals surface area contributed by atoms with Crippen LogP contribution >= 0.6 is 34.8 Å². The van der Waals surface area contributed by atoms with Gasteiger partial charge in [0.1, 0.15) is 5.82 Å². The van der Waals surface area contributed by atoms with E-state index in [1.807, 2.05) is 0 Å². The average molecular weight is 319 g/mol. The number of hydrogen-bond acceptors (Lipinski definition) is 2. The van der Waals surface area contributed by atoms with Gasteiger partial charge in [0.15, 0.2) is 5.78 Å². The molecule has 98 valence electrons. The molecule has 0 radical (unpaired) electrons. The molecule has 0 bridgehead atoms. The summed E-state index contributed by atoms with van der Waals surface area (Å²) in [5.74, 6) is -1.12. The molecule has 19 heavy (non-hydrogen) atoms. The predicted octanol–water partition coefficient (Wildman–Crippen LogP) is 4.60. The van der Waals surface area contributed by atoms with Gasteiger partial charge in [-0.15, -0.1) is 0 Å².